The molecule has 0 aliphatic heterocycles. The molecule has 0 aliphatic carbocycles. The molecule has 17 heavy (non-hydrogen) atoms. The first-order chi connectivity index (χ1) is 8.16. The smallest absolute Gasteiger partial charge is 0.282 e. The van der Waals surface area contributed by atoms with Crippen molar-refractivity contribution in [3.63, 3.8) is 0 Å². The Hall–Kier alpha value is -0.880. The molecule has 0 unspecified atom stereocenters. The molecule has 1 rings (SSSR count). The first-order valence-electron chi connectivity index (χ1n) is 5.61. The summed E-state index contributed by atoms with van der Waals surface area (Å²) in [4.78, 5) is 11.6. The van der Waals surface area contributed by atoms with Gasteiger partial charge in [-0.25, -0.2) is 4.68 Å². The highest BCUT2D eigenvalue weighted by Crippen LogP contribution is 2.15. The highest BCUT2D eigenvalue weighted by Gasteiger charge is 2.05. The summed E-state index contributed by atoms with van der Waals surface area (Å²) in [5.74, 6) is 0. The quantitative estimate of drug-likeness (QED) is 0.780. The van der Waals surface area contributed by atoms with E-state index in [1.165, 1.54) is 4.68 Å². The Balaban J connectivity index is 2.37. The summed E-state index contributed by atoms with van der Waals surface area (Å²) in [6, 6.07) is 0. The van der Waals surface area contributed by atoms with Crippen molar-refractivity contribution in [2.45, 2.75) is 19.3 Å². The Bertz CT molecular complexity index is 406. The molecular weight excluding hydrogens is 286 g/mol. The number of aromatic nitrogens is 2. The summed E-state index contributed by atoms with van der Waals surface area (Å²) in [7, 11) is 3.34. The molecule has 0 saturated carbocycles. The molecule has 0 atom stereocenters. The second kappa shape index (κ2) is 7.45. The third kappa shape index (κ3) is 4.47. The van der Waals surface area contributed by atoms with Crippen LogP contribution in [0.15, 0.2) is 15.5 Å². The maximum atomic E-state index is 11.6. The number of hydrogen-bond donors (Lipinski definition) is 1. The lowest BCUT2D eigenvalue weighted by molar-refractivity contribution is 0.192. The largest absolute Gasteiger partial charge is 0.385 e. The molecule has 1 N–H and O–H groups in total. The number of nitrogens with one attached hydrogen (secondary N) is 1. The standard InChI is InChI=1S/C11H18BrN3O2/c1-15-11(16)10(12)9(8-14-15)13-6-4-3-5-7-17-2/h8,13H,3-7H2,1-2H3. The van der Waals surface area contributed by atoms with Crippen LogP contribution in [0.2, 0.25) is 0 Å². The fourth-order valence-corrected chi connectivity index (χ4v) is 1.90. The normalized spacial score (nSPS) is 10.5. The summed E-state index contributed by atoms with van der Waals surface area (Å²) >= 11 is 3.27. The number of methoxy groups -OCH3 is 1. The number of hydrogen-bond acceptors (Lipinski definition) is 4. The monoisotopic (exact) mass is 303 g/mol. The molecule has 0 aromatic carbocycles. The maximum Gasteiger partial charge on any atom is 0.282 e. The Labute approximate surface area is 109 Å². The fourth-order valence-electron chi connectivity index (χ4n) is 1.41. The number of halogens is 1. The van der Waals surface area contributed by atoms with Crippen molar-refractivity contribution < 1.29 is 4.74 Å². The van der Waals surface area contributed by atoms with Crippen molar-refractivity contribution in [2.75, 3.05) is 25.6 Å². The van der Waals surface area contributed by atoms with Crippen LogP contribution < -0.4 is 10.9 Å². The molecule has 0 fully saturated rings. The van der Waals surface area contributed by atoms with Crippen LogP contribution in [0.3, 0.4) is 0 Å². The molecular formula is C11H18BrN3O2. The van der Waals surface area contributed by atoms with Gasteiger partial charge in [0.2, 0.25) is 0 Å². The topological polar surface area (TPSA) is 56.1 Å². The van der Waals surface area contributed by atoms with Gasteiger partial charge in [-0.15, -0.1) is 0 Å². The summed E-state index contributed by atoms with van der Waals surface area (Å²) in [5.41, 5.74) is 0.620. The van der Waals surface area contributed by atoms with E-state index in [1.54, 1.807) is 20.4 Å². The van der Waals surface area contributed by atoms with Crippen LogP contribution in [0.4, 0.5) is 5.69 Å². The Morgan fingerprint density at radius 3 is 2.94 bits per heavy atom. The zero-order valence-corrected chi connectivity index (χ0v) is 11.8. The number of ether oxygens (including phenoxy) is 1. The summed E-state index contributed by atoms with van der Waals surface area (Å²) < 4.78 is 6.81. The third-order valence-corrected chi connectivity index (χ3v) is 3.19. The lowest BCUT2D eigenvalue weighted by atomic mass is 10.2. The predicted molar refractivity (Wildman–Crippen MR) is 71.4 cm³/mol. The van der Waals surface area contributed by atoms with Crippen LogP contribution in [0.5, 0.6) is 0 Å². The van der Waals surface area contributed by atoms with Gasteiger partial charge in [0.05, 0.1) is 11.9 Å². The van der Waals surface area contributed by atoms with Gasteiger partial charge in [-0.1, -0.05) is 0 Å². The van der Waals surface area contributed by atoms with E-state index in [1.807, 2.05) is 0 Å². The minimum absolute atomic E-state index is 0.130. The highest BCUT2D eigenvalue weighted by atomic mass is 79.9. The lowest BCUT2D eigenvalue weighted by Crippen LogP contribution is -2.21. The van der Waals surface area contributed by atoms with Gasteiger partial charge in [-0.3, -0.25) is 4.79 Å². The van der Waals surface area contributed by atoms with Crippen LogP contribution in [0, 0.1) is 0 Å². The number of unbranched alkanes of at least 4 members (excludes halogenated alkanes) is 2. The first-order valence-corrected chi connectivity index (χ1v) is 6.40. The van der Waals surface area contributed by atoms with Gasteiger partial charge in [0.25, 0.3) is 5.56 Å². The maximum absolute atomic E-state index is 11.6. The molecule has 0 amide bonds. The van der Waals surface area contributed by atoms with E-state index in [4.69, 9.17) is 4.74 Å². The molecule has 0 saturated heterocycles. The molecule has 1 aromatic heterocycles. The van der Waals surface area contributed by atoms with Gasteiger partial charge in [-0.05, 0) is 35.2 Å². The van der Waals surface area contributed by atoms with Crippen LogP contribution in [0.1, 0.15) is 19.3 Å². The number of nitrogens with zero attached hydrogens (tertiary/aromatic N) is 2. The van der Waals surface area contributed by atoms with Crippen molar-refractivity contribution >= 4 is 21.6 Å². The van der Waals surface area contributed by atoms with Gasteiger partial charge in [0, 0.05) is 27.3 Å². The lowest BCUT2D eigenvalue weighted by Gasteiger charge is -2.08. The Morgan fingerprint density at radius 2 is 2.24 bits per heavy atom. The zero-order valence-electron chi connectivity index (χ0n) is 10.2. The molecule has 1 heterocycles. The van der Waals surface area contributed by atoms with Crippen molar-refractivity contribution in [1.29, 1.82) is 0 Å². The number of aryl methyl sites for hydroxylation is 1. The molecule has 0 spiro atoms. The average Bonchev–Trinajstić information content (AvgIpc) is 2.33. The van der Waals surface area contributed by atoms with Crippen LogP contribution >= 0.6 is 15.9 Å². The molecule has 0 aliphatic rings. The Morgan fingerprint density at radius 1 is 1.47 bits per heavy atom. The predicted octanol–water partition coefficient (Wildman–Crippen LogP) is 1.77. The van der Waals surface area contributed by atoms with E-state index in [2.05, 4.69) is 26.3 Å². The second-order valence-corrected chi connectivity index (χ2v) is 4.57. The van der Waals surface area contributed by atoms with Gasteiger partial charge < -0.3 is 10.1 Å². The SMILES string of the molecule is COCCCCCNc1cnn(C)c(=O)c1Br. The van der Waals surface area contributed by atoms with E-state index >= 15 is 0 Å². The molecule has 5 nitrogen and oxygen atoms in total. The second-order valence-electron chi connectivity index (χ2n) is 3.78. The van der Waals surface area contributed by atoms with E-state index in [0.717, 1.165) is 38.1 Å². The molecule has 6 heteroatoms. The van der Waals surface area contributed by atoms with E-state index in [0.29, 0.717) is 4.47 Å². The van der Waals surface area contributed by atoms with Crippen molar-refractivity contribution in [2.24, 2.45) is 7.05 Å². The summed E-state index contributed by atoms with van der Waals surface area (Å²) in [6.07, 6.45) is 4.87. The van der Waals surface area contributed by atoms with Gasteiger partial charge in [0.15, 0.2) is 0 Å². The van der Waals surface area contributed by atoms with Crippen LogP contribution in [-0.4, -0.2) is 30.0 Å². The van der Waals surface area contributed by atoms with E-state index < -0.39 is 0 Å². The number of anilines is 1. The summed E-state index contributed by atoms with van der Waals surface area (Å²) in [5, 5.41) is 7.15. The van der Waals surface area contributed by atoms with E-state index in [9.17, 15) is 4.79 Å². The van der Waals surface area contributed by atoms with Gasteiger partial charge in [-0.2, -0.15) is 5.10 Å². The van der Waals surface area contributed by atoms with Crippen LogP contribution in [0.25, 0.3) is 0 Å². The van der Waals surface area contributed by atoms with Gasteiger partial charge >= 0.3 is 0 Å². The first kappa shape index (κ1) is 14.2. The third-order valence-electron chi connectivity index (χ3n) is 2.42. The molecule has 0 radical (unpaired) electrons. The number of rotatable bonds is 7. The van der Waals surface area contributed by atoms with Gasteiger partial charge in [0.1, 0.15) is 4.47 Å². The molecule has 1 aromatic rings. The average molecular weight is 304 g/mol. The highest BCUT2D eigenvalue weighted by molar-refractivity contribution is 9.10. The summed E-state index contributed by atoms with van der Waals surface area (Å²) in [6.45, 7) is 1.63. The zero-order chi connectivity index (χ0) is 12.7. The van der Waals surface area contributed by atoms with Crippen molar-refractivity contribution in [3.05, 3.63) is 21.0 Å². The van der Waals surface area contributed by atoms with Crippen molar-refractivity contribution in [1.82, 2.24) is 9.78 Å². The molecule has 0 bridgehead atoms. The molecule has 96 valence electrons. The Kier molecular flexibility index (Phi) is 6.21. The van der Waals surface area contributed by atoms with Crippen molar-refractivity contribution in [3.8, 4) is 0 Å². The van der Waals surface area contributed by atoms with Crippen LogP contribution in [-0.2, 0) is 11.8 Å². The minimum atomic E-state index is -0.130. The fraction of sp³-hybridized carbons (Fsp3) is 0.636. The van der Waals surface area contributed by atoms with E-state index in [-0.39, 0.29) is 5.56 Å². The minimum Gasteiger partial charge on any atom is -0.385 e.